The molecule has 3 nitrogen and oxygen atoms in total. The second-order valence-corrected chi connectivity index (χ2v) is 9.63. The third-order valence-corrected chi connectivity index (χ3v) is 6.89. The Balaban J connectivity index is 1.82. The summed E-state index contributed by atoms with van der Waals surface area (Å²) in [6, 6.07) is 20.7. The Kier molecular flexibility index (Phi) is 8.27. The largest absolute Gasteiger partial charge is 0.358 e. The lowest BCUT2D eigenvalue weighted by molar-refractivity contribution is -0.177. The molecule has 0 unspecified atom stereocenters. The molecular weight excluding hydrogens is 484 g/mol. The third-order valence-electron chi connectivity index (χ3n) is 6.39. The Morgan fingerprint density at radius 2 is 1.54 bits per heavy atom. The molecule has 4 rings (SSSR count). The zero-order chi connectivity index (χ0) is 24.9. The summed E-state index contributed by atoms with van der Waals surface area (Å²) in [7, 11) is 0. The van der Waals surface area contributed by atoms with Gasteiger partial charge in [-0.25, -0.2) is 4.39 Å². The quantitative estimate of drug-likeness (QED) is 0.289. The minimum Gasteiger partial charge on any atom is -0.358 e. The maximum absolute atomic E-state index is 14.0. The highest BCUT2D eigenvalue weighted by Crippen LogP contribution is 2.44. The van der Waals surface area contributed by atoms with E-state index in [0.717, 1.165) is 29.5 Å². The van der Waals surface area contributed by atoms with E-state index in [1.807, 2.05) is 59.5 Å². The number of hydrogen-bond donors (Lipinski definition) is 0. The van der Waals surface area contributed by atoms with Crippen LogP contribution in [0.15, 0.2) is 85.5 Å². The lowest BCUT2D eigenvalue weighted by Crippen LogP contribution is -2.54. The summed E-state index contributed by atoms with van der Waals surface area (Å²) in [4.78, 5) is 15.9. The van der Waals surface area contributed by atoms with Crippen molar-refractivity contribution in [1.82, 2.24) is 4.90 Å². The highest BCUT2D eigenvalue weighted by molar-refractivity contribution is 6.30. The van der Waals surface area contributed by atoms with E-state index >= 15 is 0 Å². The van der Waals surface area contributed by atoms with E-state index in [4.69, 9.17) is 27.9 Å². The number of rotatable bonds is 8. The first kappa shape index (κ1) is 25.4. The van der Waals surface area contributed by atoms with Crippen LogP contribution in [0.1, 0.15) is 48.6 Å². The topological polar surface area (TPSA) is 29.5 Å². The highest BCUT2D eigenvalue weighted by Gasteiger charge is 2.46. The van der Waals surface area contributed by atoms with Gasteiger partial charge in [-0.15, -0.1) is 6.58 Å². The maximum Gasteiger partial charge on any atom is 0.253 e. The van der Waals surface area contributed by atoms with Crippen molar-refractivity contribution in [1.29, 1.82) is 0 Å². The van der Waals surface area contributed by atoms with Crippen molar-refractivity contribution in [2.75, 3.05) is 0 Å². The van der Waals surface area contributed by atoms with E-state index in [0.29, 0.717) is 16.5 Å². The van der Waals surface area contributed by atoms with Gasteiger partial charge in [0.25, 0.3) is 5.91 Å². The van der Waals surface area contributed by atoms with Crippen molar-refractivity contribution in [2.45, 2.75) is 50.5 Å². The molecule has 0 radical (unpaired) electrons. The fourth-order valence-electron chi connectivity index (χ4n) is 4.67. The van der Waals surface area contributed by atoms with Crippen LogP contribution in [0.2, 0.25) is 10.0 Å². The number of amides is 1. The van der Waals surface area contributed by atoms with Crippen LogP contribution in [0, 0.1) is 5.82 Å². The molecule has 0 N–H and O–H groups in total. The van der Waals surface area contributed by atoms with Crippen molar-refractivity contribution < 1.29 is 13.9 Å². The number of carbonyl (C=O) groups excluding carboxylic acids is 1. The molecule has 1 aliphatic heterocycles. The number of carbonyl (C=O) groups is 1. The summed E-state index contributed by atoms with van der Waals surface area (Å²) >= 11 is 12.4. The predicted octanol–water partition coefficient (Wildman–Crippen LogP) is 7.74. The number of benzene rings is 3. The van der Waals surface area contributed by atoms with Crippen LogP contribution in [0.5, 0.6) is 0 Å². The van der Waals surface area contributed by atoms with Crippen LogP contribution >= 0.6 is 23.2 Å². The molecule has 182 valence electrons. The fourth-order valence-corrected chi connectivity index (χ4v) is 4.93. The van der Waals surface area contributed by atoms with Gasteiger partial charge in [-0.2, -0.15) is 0 Å². The first-order chi connectivity index (χ1) is 16.9. The van der Waals surface area contributed by atoms with Crippen LogP contribution in [-0.2, 0) is 16.0 Å². The average molecular weight is 512 g/mol. The van der Waals surface area contributed by atoms with Crippen LogP contribution in [0.25, 0.3) is 0 Å². The van der Waals surface area contributed by atoms with Gasteiger partial charge in [0.05, 0.1) is 12.1 Å². The third kappa shape index (κ3) is 5.78. The molecule has 6 heteroatoms. The molecule has 3 aromatic rings. The van der Waals surface area contributed by atoms with E-state index in [9.17, 15) is 9.18 Å². The smallest absolute Gasteiger partial charge is 0.253 e. The van der Waals surface area contributed by atoms with E-state index in [2.05, 4.69) is 13.5 Å². The van der Waals surface area contributed by atoms with Crippen LogP contribution < -0.4 is 0 Å². The number of ether oxygens (including phenoxy) is 1. The molecule has 0 spiro atoms. The van der Waals surface area contributed by atoms with Gasteiger partial charge in [-0.05, 0) is 59.5 Å². The second kappa shape index (κ2) is 11.4. The van der Waals surface area contributed by atoms with E-state index in [-0.39, 0.29) is 23.8 Å². The molecular formula is C29H28Cl2FNO2. The van der Waals surface area contributed by atoms with E-state index in [1.165, 1.54) is 12.1 Å². The average Bonchev–Trinajstić information content (AvgIpc) is 2.86. The molecule has 1 aliphatic rings. The van der Waals surface area contributed by atoms with Gasteiger partial charge in [0.15, 0.2) is 0 Å². The first-order valence-corrected chi connectivity index (χ1v) is 12.5. The van der Waals surface area contributed by atoms with Crippen LogP contribution in [0.3, 0.4) is 0 Å². The van der Waals surface area contributed by atoms with Gasteiger partial charge in [-0.3, -0.25) is 4.79 Å². The van der Waals surface area contributed by atoms with Crippen molar-refractivity contribution in [3.63, 3.8) is 0 Å². The van der Waals surface area contributed by atoms with E-state index in [1.54, 1.807) is 12.1 Å². The van der Waals surface area contributed by atoms with Crippen molar-refractivity contribution in [2.24, 2.45) is 0 Å². The maximum atomic E-state index is 14.0. The van der Waals surface area contributed by atoms with Gasteiger partial charge in [0.1, 0.15) is 18.0 Å². The number of nitrogens with zero attached hydrogens (tertiary/aromatic N) is 1. The molecule has 0 saturated carbocycles. The van der Waals surface area contributed by atoms with Crippen LogP contribution in [0.4, 0.5) is 4.39 Å². The summed E-state index contributed by atoms with van der Waals surface area (Å²) in [5, 5.41) is 1.24. The van der Waals surface area contributed by atoms with Gasteiger partial charge in [0.2, 0.25) is 0 Å². The molecule has 0 aliphatic carbocycles. The monoisotopic (exact) mass is 511 g/mol. The minimum absolute atomic E-state index is 0.113. The standard InChI is InChI=1S/C29H28Cl2FNO2/c1-3-5-25(4-2)33-27(20-8-12-22(30)13-9-20)28(21-10-14-23(31)15-11-21)35-26(29(33)34)18-19-6-16-24(32)17-7-19/h4,6-17,25-28H,2-3,5,18H2,1H3/t25-,26-,27+,28-/m0/s1. The zero-order valence-electron chi connectivity index (χ0n) is 19.5. The van der Waals surface area contributed by atoms with Gasteiger partial charge in [0, 0.05) is 16.5 Å². The fraction of sp³-hybridized carbons (Fsp3) is 0.276. The lowest BCUT2D eigenvalue weighted by Gasteiger charge is -2.47. The molecule has 3 aromatic carbocycles. The Morgan fingerprint density at radius 3 is 2.09 bits per heavy atom. The minimum atomic E-state index is -0.732. The predicted molar refractivity (Wildman–Crippen MR) is 139 cm³/mol. The van der Waals surface area contributed by atoms with Gasteiger partial charge < -0.3 is 9.64 Å². The summed E-state index contributed by atoms with van der Waals surface area (Å²) < 4.78 is 20.0. The number of hydrogen-bond acceptors (Lipinski definition) is 2. The molecule has 0 bridgehead atoms. The molecule has 1 fully saturated rings. The zero-order valence-corrected chi connectivity index (χ0v) is 21.1. The Morgan fingerprint density at radius 1 is 0.971 bits per heavy atom. The SMILES string of the molecule is C=C[C@@H](CCC)N1C(=O)[C@H](Cc2ccc(F)cc2)O[C@@H](c2ccc(Cl)cc2)[C@H]1c1ccc(Cl)cc1. The second-order valence-electron chi connectivity index (χ2n) is 8.76. The lowest BCUT2D eigenvalue weighted by atomic mass is 9.88. The highest BCUT2D eigenvalue weighted by atomic mass is 35.5. The van der Waals surface area contributed by atoms with E-state index < -0.39 is 12.2 Å². The Bertz CT molecular complexity index is 1150. The number of halogens is 3. The number of morpholine rings is 1. The molecule has 1 amide bonds. The van der Waals surface area contributed by atoms with Crippen molar-refractivity contribution >= 4 is 29.1 Å². The van der Waals surface area contributed by atoms with Crippen molar-refractivity contribution in [3.8, 4) is 0 Å². The molecule has 1 heterocycles. The normalized spacial score (nSPS) is 21.1. The Labute approximate surface area is 216 Å². The molecule has 35 heavy (non-hydrogen) atoms. The van der Waals surface area contributed by atoms with Gasteiger partial charge >= 0.3 is 0 Å². The summed E-state index contributed by atoms with van der Waals surface area (Å²) in [5.74, 6) is -0.430. The Hall–Kier alpha value is -2.66. The summed E-state index contributed by atoms with van der Waals surface area (Å²) in [6.45, 7) is 6.13. The summed E-state index contributed by atoms with van der Waals surface area (Å²) in [5.41, 5.74) is 2.66. The van der Waals surface area contributed by atoms with Gasteiger partial charge in [-0.1, -0.05) is 79.0 Å². The first-order valence-electron chi connectivity index (χ1n) is 11.8. The van der Waals surface area contributed by atoms with Crippen molar-refractivity contribution in [3.05, 3.63) is 118 Å². The summed E-state index contributed by atoms with van der Waals surface area (Å²) in [6.07, 6.45) is 2.66. The molecule has 0 aromatic heterocycles. The molecule has 4 atom stereocenters. The van der Waals surface area contributed by atoms with Crippen LogP contribution in [-0.4, -0.2) is 23.0 Å². The molecule has 1 saturated heterocycles.